The van der Waals surface area contributed by atoms with Gasteiger partial charge in [0.05, 0.1) is 27.7 Å². The van der Waals surface area contributed by atoms with E-state index in [9.17, 15) is 19.0 Å². The highest BCUT2D eigenvalue weighted by molar-refractivity contribution is 7.47. The van der Waals surface area contributed by atoms with E-state index < -0.39 is 26.5 Å². The summed E-state index contributed by atoms with van der Waals surface area (Å²) >= 11 is 0. The van der Waals surface area contributed by atoms with E-state index in [-0.39, 0.29) is 25.6 Å². The summed E-state index contributed by atoms with van der Waals surface area (Å²) < 4.78 is 34.4. The van der Waals surface area contributed by atoms with Crippen molar-refractivity contribution in [2.75, 3.05) is 47.5 Å². The molecule has 0 aliphatic heterocycles. The number of hydrogen-bond donors (Lipinski definition) is 1. The quantitative estimate of drug-likeness (QED) is 0.0211. The molecule has 0 aromatic carbocycles. The maximum Gasteiger partial charge on any atom is 0.472 e. The van der Waals surface area contributed by atoms with E-state index >= 15 is 0 Å². The number of phosphoric ester groups is 1. The minimum atomic E-state index is -4.37. The molecule has 0 aromatic rings. The van der Waals surface area contributed by atoms with Gasteiger partial charge < -0.3 is 18.9 Å². The Morgan fingerprint density at radius 2 is 0.781 bits per heavy atom. The summed E-state index contributed by atoms with van der Waals surface area (Å²) in [6, 6.07) is 0. The summed E-state index contributed by atoms with van der Waals surface area (Å²) in [6.45, 7) is 4.30. The summed E-state index contributed by atoms with van der Waals surface area (Å²) in [6.07, 6.45) is 71.7. The fourth-order valence-electron chi connectivity index (χ4n) is 8.37. The monoisotopic (exact) mass is 1040 g/mol. The summed E-state index contributed by atoms with van der Waals surface area (Å²) in [4.78, 5) is 35.4. The smallest absolute Gasteiger partial charge is 0.462 e. The first-order valence-corrected chi connectivity index (χ1v) is 31.7. The fraction of sp³-hybridized carbons (Fsp3) is 0.778. The van der Waals surface area contributed by atoms with Gasteiger partial charge in [0.15, 0.2) is 6.10 Å². The summed E-state index contributed by atoms with van der Waals surface area (Å²) in [5.41, 5.74) is 0. The molecule has 0 bridgehead atoms. The van der Waals surface area contributed by atoms with Crippen LogP contribution in [0.5, 0.6) is 0 Å². The van der Waals surface area contributed by atoms with E-state index in [0.29, 0.717) is 23.9 Å². The molecule has 9 nitrogen and oxygen atoms in total. The Morgan fingerprint density at radius 1 is 0.438 bits per heavy atom. The predicted molar refractivity (Wildman–Crippen MR) is 312 cm³/mol. The lowest BCUT2D eigenvalue weighted by Crippen LogP contribution is -2.37. The Morgan fingerprint density at radius 3 is 1.16 bits per heavy atom. The molecule has 0 radical (unpaired) electrons. The minimum absolute atomic E-state index is 0.0331. The number of quaternary nitrogens is 1. The van der Waals surface area contributed by atoms with Crippen molar-refractivity contribution in [1.29, 1.82) is 0 Å². The lowest BCUT2D eigenvalue weighted by atomic mass is 10.0. The van der Waals surface area contributed by atoms with Crippen molar-refractivity contribution < 1.29 is 42.1 Å². The molecule has 1 N–H and O–H groups in total. The number of carbonyl (C=O) groups is 2. The molecule has 0 aliphatic carbocycles. The van der Waals surface area contributed by atoms with Gasteiger partial charge >= 0.3 is 19.8 Å². The van der Waals surface area contributed by atoms with E-state index in [1.165, 1.54) is 161 Å². The molecule has 73 heavy (non-hydrogen) atoms. The predicted octanol–water partition coefficient (Wildman–Crippen LogP) is 18.9. The lowest BCUT2D eigenvalue weighted by molar-refractivity contribution is -0.870. The van der Waals surface area contributed by atoms with Crippen LogP contribution in [0.25, 0.3) is 0 Å². The standard InChI is InChI=1S/C63H114NO8P/c1-6-8-10-12-14-16-17-18-19-20-21-22-23-24-25-26-27-28-29-30-31-32-33-34-35-36-37-38-39-40-41-42-43-44-45-46-47-48-50-52-54-56-63(66)72-61(60-71-73(67,68)70-58-57-64(3,4)5)59-69-62(65)55-53-51-49-15-13-11-9-7-2/h8,10,14,16,18-19,21-22,24-25,27-28,61H,6-7,9,11-13,15,17,20,23,26,29-60H2,1-5H3/p+1/b10-8-,16-14-,19-18-,22-21-,25-24-,28-27-. The van der Waals surface area contributed by atoms with E-state index in [2.05, 4.69) is 86.8 Å². The SMILES string of the molecule is CC/C=C\C/C=C\C/C=C\C/C=C\C/C=C\C/C=C\CCCCCCCCCCCCCCCCCCCCCCCCC(=O)OC(COC(=O)CCCCCCCCCC)COP(=O)(O)OCC[N+](C)(C)C. The van der Waals surface area contributed by atoms with E-state index in [4.69, 9.17) is 18.5 Å². The summed E-state index contributed by atoms with van der Waals surface area (Å²) in [5.74, 6) is -0.793. The lowest BCUT2D eigenvalue weighted by Gasteiger charge is -2.24. The second-order valence-electron chi connectivity index (χ2n) is 21.4. The van der Waals surface area contributed by atoms with Crippen LogP contribution in [0.2, 0.25) is 0 Å². The van der Waals surface area contributed by atoms with Crippen LogP contribution in [0.3, 0.4) is 0 Å². The first-order valence-electron chi connectivity index (χ1n) is 30.2. The molecule has 0 saturated heterocycles. The van der Waals surface area contributed by atoms with Gasteiger partial charge in [-0.3, -0.25) is 18.6 Å². The van der Waals surface area contributed by atoms with Crippen molar-refractivity contribution >= 4 is 19.8 Å². The number of esters is 2. The van der Waals surface area contributed by atoms with E-state index in [1.807, 2.05) is 21.1 Å². The molecule has 2 atom stereocenters. The van der Waals surface area contributed by atoms with Gasteiger partial charge in [-0.25, -0.2) is 4.57 Å². The number of hydrogen-bond acceptors (Lipinski definition) is 7. The number of unbranched alkanes of at least 4 members (excludes halogenated alkanes) is 29. The van der Waals surface area contributed by atoms with Crippen LogP contribution in [-0.2, 0) is 32.7 Å². The first kappa shape index (κ1) is 70.5. The number of phosphoric acid groups is 1. The maximum absolute atomic E-state index is 12.8. The highest BCUT2D eigenvalue weighted by Crippen LogP contribution is 2.43. The van der Waals surface area contributed by atoms with Gasteiger partial charge in [0.2, 0.25) is 0 Å². The highest BCUT2D eigenvalue weighted by Gasteiger charge is 2.27. The third-order valence-electron chi connectivity index (χ3n) is 13.0. The largest absolute Gasteiger partial charge is 0.472 e. The second-order valence-corrected chi connectivity index (χ2v) is 22.8. The molecule has 0 aromatic heterocycles. The molecule has 0 aliphatic rings. The van der Waals surface area contributed by atoms with E-state index in [1.54, 1.807) is 0 Å². The average molecular weight is 1050 g/mol. The third kappa shape index (κ3) is 58.6. The number of ether oxygens (including phenoxy) is 2. The molecule has 0 saturated carbocycles. The molecule has 0 heterocycles. The number of likely N-dealkylation sites (N-methyl/N-ethyl adjacent to an activating group) is 1. The van der Waals surface area contributed by atoms with Gasteiger partial charge in [-0.1, -0.05) is 260 Å². The van der Waals surface area contributed by atoms with Crippen molar-refractivity contribution in [3.63, 3.8) is 0 Å². The van der Waals surface area contributed by atoms with Crippen molar-refractivity contribution in [2.45, 2.75) is 270 Å². The zero-order valence-corrected chi connectivity index (χ0v) is 49.0. The van der Waals surface area contributed by atoms with Crippen LogP contribution in [0.15, 0.2) is 72.9 Å². The molecule has 0 amide bonds. The molecule has 424 valence electrons. The highest BCUT2D eigenvalue weighted by atomic mass is 31.2. The van der Waals surface area contributed by atoms with Gasteiger partial charge in [0, 0.05) is 12.8 Å². The Balaban J connectivity index is 3.81. The van der Waals surface area contributed by atoms with Crippen molar-refractivity contribution in [2.24, 2.45) is 0 Å². The van der Waals surface area contributed by atoms with Gasteiger partial charge in [0.1, 0.15) is 19.8 Å². The molecular formula is C63H115NO8P+. The zero-order chi connectivity index (χ0) is 53.5. The Hall–Kier alpha value is -2.55. The summed E-state index contributed by atoms with van der Waals surface area (Å²) in [7, 11) is 1.48. The van der Waals surface area contributed by atoms with E-state index in [0.717, 1.165) is 70.6 Å². The van der Waals surface area contributed by atoms with Crippen LogP contribution in [0.1, 0.15) is 264 Å². The first-order chi connectivity index (χ1) is 35.5. The normalized spacial score (nSPS) is 13.8. The zero-order valence-electron chi connectivity index (χ0n) is 48.1. The Kier molecular flexibility index (Phi) is 52.4. The average Bonchev–Trinajstić information content (AvgIpc) is 3.35. The third-order valence-corrected chi connectivity index (χ3v) is 14.0. The number of nitrogens with zero attached hydrogens (tertiary/aromatic N) is 1. The molecule has 0 rings (SSSR count). The van der Waals surface area contributed by atoms with Gasteiger partial charge in [-0.05, 0) is 64.2 Å². The second kappa shape index (κ2) is 54.2. The molecule has 0 spiro atoms. The Labute approximate surface area is 450 Å². The maximum atomic E-state index is 12.8. The van der Waals surface area contributed by atoms with Crippen molar-refractivity contribution in [3.05, 3.63) is 72.9 Å². The van der Waals surface area contributed by atoms with Crippen LogP contribution >= 0.6 is 7.82 Å². The van der Waals surface area contributed by atoms with Crippen LogP contribution in [0, 0.1) is 0 Å². The Bertz CT molecular complexity index is 1460. The van der Waals surface area contributed by atoms with Gasteiger partial charge in [-0.15, -0.1) is 0 Å². The van der Waals surface area contributed by atoms with Crippen molar-refractivity contribution in [1.82, 2.24) is 0 Å². The van der Waals surface area contributed by atoms with Crippen LogP contribution in [-0.4, -0.2) is 74.9 Å². The molecule has 0 fully saturated rings. The minimum Gasteiger partial charge on any atom is -0.462 e. The molecule has 10 heteroatoms. The molecule has 2 unspecified atom stereocenters. The fourth-order valence-corrected chi connectivity index (χ4v) is 9.12. The number of rotatable bonds is 55. The number of carbonyl (C=O) groups excluding carboxylic acids is 2. The number of allylic oxidation sites excluding steroid dienone is 12. The van der Waals surface area contributed by atoms with Crippen molar-refractivity contribution in [3.8, 4) is 0 Å². The summed E-state index contributed by atoms with van der Waals surface area (Å²) in [5, 5.41) is 0. The molecular weight excluding hydrogens is 930 g/mol. The topological polar surface area (TPSA) is 108 Å². The van der Waals surface area contributed by atoms with Gasteiger partial charge in [-0.2, -0.15) is 0 Å². The van der Waals surface area contributed by atoms with Gasteiger partial charge in [0.25, 0.3) is 0 Å². The van der Waals surface area contributed by atoms with Crippen LogP contribution in [0.4, 0.5) is 0 Å². The van der Waals surface area contributed by atoms with Crippen LogP contribution < -0.4 is 0 Å².